The third kappa shape index (κ3) is 4.22. The number of hydrogen-bond donors (Lipinski definition) is 1. The van der Waals surface area contributed by atoms with Gasteiger partial charge in [-0.2, -0.15) is 0 Å². The molecular weight excluding hydrogens is 416 g/mol. The highest BCUT2D eigenvalue weighted by atomic mass is 32.2. The molecule has 0 unspecified atom stereocenters. The highest BCUT2D eigenvalue weighted by Gasteiger charge is 2.31. The van der Waals surface area contributed by atoms with Gasteiger partial charge < -0.3 is 9.47 Å². The van der Waals surface area contributed by atoms with Crippen molar-refractivity contribution in [3.8, 4) is 6.01 Å². The molecule has 3 rings (SSSR count). The maximum absolute atomic E-state index is 13.0. The number of amides is 1. The van der Waals surface area contributed by atoms with E-state index in [1.807, 2.05) is 0 Å². The topological polar surface area (TPSA) is 139 Å². The van der Waals surface area contributed by atoms with Gasteiger partial charge >= 0.3 is 23.7 Å². The third-order valence-corrected chi connectivity index (χ3v) is 5.90. The van der Waals surface area contributed by atoms with Crippen LogP contribution in [0.4, 0.5) is 4.79 Å². The molecule has 1 aliphatic rings. The predicted octanol–water partition coefficient (Wildman–Crippen LogP) is 0.981. The number of hydrogen-bond acceptors (Lipinski definition) is 8. The lowest BCUT2D eigenvalue weighted by Crippen LogP contribution is -2.40. The number of nitrogens with one attached hydrogen (secondary N) is 1. The lowest BCUT2D eigenvalue weighted by Gasteiger charge is -2.12. The summed E-state index contributed by atoms with van der Waals surface area (Å²) in [4.78, 5) is 36.5. The minimum Gasteiger partial charge on any atom is -0.467 e. The summed E-state index contributed by atoms with van der Waals surface area (Å²) in [5.41, 5.74) is -0.348. The van der Waals surface area contributed by atoms with Crippen molar-refractivity contribution in [1.29, 1.82) is 0 Å². The van der Waals surface area contributed by atoms with Gasteiger partial charge in [0.15, 0.2) is 0 Å². The Balaban J connectivity index is 1.98. The van der Waals surface area contributed by atoms with E-state index < -0.39 is 32.6 Å². The van der Waals surface area contributed by atoms with Crippen LogP contribution in [-0.2, 0) is 21.8 Å². The normalized spacial score (nSPS) is 13.7. The largest absolute Gasteiger partial charge is 0.467 e. The van der Waals surface area contributed by atoms with Gasteiger partial charge in [0.1, 0.15) is 4.90 Å². The van der Waals surface area contributed by atoms with Crippen molar-refractivity contribution in [2.24, 2.45) is 7.05 Å². The van der Waals surface area contributed by atoms with Gasteiger partial charge in [-0.1, -0.05) is 13.0 Å². The number of ether oxygens (including phenoxy) is 2. The van der Waals surface area contributed by atoms with Gasteiger partial charge in [-0.05, 0) is 42.9 Å². The first-order valence-corrected chi connectivity index (χ1v) is 10.8. The third-order valence-electron chi connectivity index (χ3n) is 4.54. The van der Waals surface area contributed by atoms with Crippen molar-refractivity contribution in [3.63, 3.8) is 0 Å². The zero-order valence-electron chi connectivity index (χ0n) is 16.7. The van der Waals surface area contributed by atoms with Crippen molar-refractivity contribution in [2.75, 3.05) is 13.7 Å². The van der Waals surface area contributed by atoms with Gasteiger partial charge in [0, 0.05) is 7.05 Å². The number of sulfonamides is 1. The Morgan fingerprint density at radius 2 is 2.00 bits per heavy atom. The lowest BCUT2D eigenvalue weighted by molar-refractivity contribution is 0.0500. The van der Waals surface area contributed by atoms with Crippen molar-refractivity contribution >= 4 is 22.0 Å². The maximum atomic E-state index is 13.0. The average molecular weight is 438 g/mol. The summed E-state index contributed by atoms with van der Waals surface area (Å²) in [6, 6.07) is 2.93. The Kier molecular flexibility index (Phi) is 5.97. The Bertz CT molecular complexity index is 1150. The second-order valence-corrected chi connectivity index (χ2v) is 8.47. The predicted molar refractivity (Wildman–Crippen MR) is 104 cm³/mol. The summed E-state index contributed by atoms with van der Waals surface area (Å²) in [5, 5.41) is 3.64. The number of aromatic nitrogens is 3. The fourth-order valence-electron chi connectivity index (χ4n) is 2.82. The molecule has 0 spiro atoms. The first kappa shape index (κ1) is 21.6. The summed E-state index contributed by atoms with van der Waals surface area (Å²) in [6.45, 7) is 1.93. The van der Waals surface area contributed by atoms with E-state index in [2.05, 4.69) is 5.10 Å². The molecule has 162 valence electrons. The molecule has 1 N–H and O–H groups in total. The van der Waals surface area contributed by atoms with E-state index in [0.29, 0.717) is 11.1 Å². The minimum absolute atomic E-state index is 0.123. The number of nitrogens with zero attached hydrogens (tertiary/aromatic N) is 3. The summed E-state index contributed by atoms with van der Waals surface area (Å²) in [5.74, 6) is -0.610. The SMILES string of the molecule is CCCOC(=O)c1ccc(C2CC2)cc1S(=O)(=O)NC(=O)n1nc(OC)n(C)c1=O. The van der Waals surface area contributed by atoms with E-state index in [0.717, 1.165) is 23.0 Å². The van der Waals surface area contributed by atoms with Crippen molar-refractivity contribution < 1.29 is 27.5 Å². The molecule has 1 aliphatic carbocycles. The fraction of sp³-hybridized carbons (Fsp3) is 0.444. The molecule has 1 aromatic heterocycles. The Labute approximate surface area is 172 Å². The van der Waals surface area contributed by atoms with Crippen LogP contribution >= 0.6 is 0 Å². The van der Waals surface area contributed by atoms with Gasteiger partial charge in [0.25, 0.3) is 10.0 Å². The van der Waals surface area contributed by atoms with Crippen LogP contribution in [0.3, 0.4) is 0 Å². The molecule has 30 heavy (non-hydrogen) atoms. The van der Waals surface area contributed by atoms with Crippen LogP contribution in [0.5, 0.6) is 6.01 Å². The quantitative estimate of drug-likeness (QED) is 0.631. The monoisotopic (exact) mass is 438 g/mol. The van der Waals surface area contributed by atoms with E-state index in [-0.39, 0.29) is 24.1 Å². The Morgan fingerprint density at radius 1 is 1.30 bits per heavy atom. The lowest BCUT2D eigenvalue weighted by atomic mass is 10.1. The van der Waals surface area contributed by atoms with Crippen LogP contribution < -0.4 is 15.1 Å². The number of carbonyl (C=O) groups is 2. The molecule has 0 radical (unpaired) electrons. The molecule has 1 saturated carbocycles. The zero-order chi connectivity index (χ0) is 22.1. The van der Waals surface area contributed by atoms with Gasteiger partial charge in [0.05, 0.1) is 19.3 Å². The number of esters is 1. The molecular formula is C18H22N4O7S. The van der Waals surface area contributed by atoms with Gasteiger partial charge in [-0.15, -0.1) is 9.78 Å². The van der Waals surface area contributed by atoms with Crippen LogP contribution in [-0.4, -0.2) is 48.5 Å². The molecule has 1 fully saturated rings. The molecule has 1 heterocycles. The standard InChI is InChI=1S/C18H22N4O7S/c1-4-9-29-15(23)13-8-7-12(11-5-6-11)10-14(13)30(26,27)20-16(24)22-18(25)21(2)17(19-22)28-3/h7-8,10-11H,4-6,9H2,1-3H3,(H,20,24). The maximum Gasteiger partial charge on any atom is 0.360 e. The molecule has 2 aromatic rings. The van der Waals surface area contributed by atoms with E-state index in [9.17, 15) is 22.8 Å². The molecule has 0 atom stereocenters. The first-order valence-electron chi connectivity index (χ1n) is 9.27. The Morgan fingerprint density at radius 3 is 2.57 bits per heavy atom. The molecule has 0 aliphatic heterocycles. The van der Waals surface area contributed by atoms with Crippen molar-refractivity contribution in [1.82, 2.24) is 19.1 Å². The zero-order valence-corrected chi connectivity index (χ0v) is 17.6. The number of methoxy groups -OCH3 is 1. The number of benzene rings is 1. The summed E-state index contributed by atoms with van der Waals surface area (Å²) in [6.07, 6.45) is 2.39. The molecule has 11 nitrogen and oxygen atoms in total. The highest BCUT2D eigenvalue weighted by Crippen LogP contribution is 2.41. The number of rotatable bonds is 7. The van der Waals surface area contributed by atoms with Crippen molar-refractivity contribution in [2.45, 2.75) is 37.0 Å². The Hall–Kier alpha value is -3.15. The van der Waals surface area contributed by atoms with E-state index in [1.165, 1.54) is 26.3 Å². The first-order chi connectivity index (χ1) is 14.2. The smallest absolute Gasteiger partial charge is 0.360 e. The van der Waals surface area contributed by atoms with E-state index in [1.54, 1.807) is 17.7 Å². The minimum atomic E-state index is -4.51. The second kappa shape index (κ2) is 8.30. The van der Waals surface area contributed by atoms with Crippen LogP contribution in [0.2, 0.25) is 0 Å². The summed E-state index contributed by atoms with van der Waals surface area (Å²) < 4.78 is 38.9. The van der Waals surface area contributed by atoms with Crippen LogP contribution in [0.1, 0.15) is 48.0 Å². The number of carbonyl (C=O) groups excluding carboxylic acids is 2. The summed E-state index contributed by atoms with van der Waals surface area (Å²) >= 11 is 0. The van der Waals surface area contributed by atoms with Gasteiger partial charge in [0.2, 0.25) is 0 Å². The average Bonchev–Trinajstić information content (AvgIpc) is 3.52. The van der Waals surface area contributed by atoms with Gasteiger partial charge in [-0.25, -0.2) is 32.1 Å². The van der Waals surface area contributed by atoms with Crippen molar-refractivity contribution in [3.05, 3.63) is 39.8 Å². The molecule has 1 amide bonds. The highest BCUT2D eigenvalue weighted by molar-refractivity contribution is 7.90. The molecule has 12 heteroatoms. The summed E-state index contributed by atoms with van der Waals surface area (Å²) in [7, 11) is -1.95. The van der Waals surface area contributed by atoms with E-state index in [4.69, 9.17) is 9.47 Å². The van der Waals surface area contributed by atoms with Crippen LogP contribution in [0.15, 0.2) is 27.9 Å². The fourth-order valence-corrected chi connectivity index (χ4v) is 3.97. The van der Waals surface area contributed by atoms with Crippen LogP contribution in [0.25, 0.3) is 0 Å². The molecule has 0 saturated heterocycles. The van der Waals surface area contributed by atoms with E-state index >= 15 is 0 Å². The molecule has 0 bridgehead atoms. The second-order valence-electron chi connectivity index (χ2n) is 6.82. The molecule has 1 aromatic carbocycles. The van der Waals surface area contributed by atoms with Crippen LogP contribution in [0, 0.1) is 0 Å². The van der Waals surface area contributed by atoms with Gasteiger partial charge in [-0.3, -0.25) is 0 Å².